The molecule has 3 aromatic rings. The lowest BCUT2D eigenvalue weighted by atomic mass is 10.0. The van der Waals surface area contributed by atoms with Gasteiger partial charge < -0.3 is 4.74 Å². The first kappa shape index (κ1) is 25.2. The van der Waals surface area contributed by atoms with Crippen LogP contribution in [0.2, 0.25) is 0 Å². The molecule has 0 amide bonds. The normalized spacial score (nSPS) is 11.0. The quantitative estimate of drug-likeness (QED) is 0.135. The third-order valence-corrected chi connectivity index (χ3v) is 7.19. The highest BCUT2D eigenvalue weighted by Gasteiger charge is 2.12. The van der Waals surface area contributed by atoms with Crippen LogP contribution < -0.4 is 4.74 Å². The maximum atomic E-state index is 12.6. The lowest BCUT2D eigenvalue weighted by Crippen LogP contribution is -2.06. The van der Waals surface area contributed by atoms with Gasteiger partial charge >= 0.3 is 5.97 Å². The summed E-state index contributed by atoms with van der Waals surface area (Å²) in [6, 6.07) is 20.5. The van der Waals surface area contributed by atoms with E-state index in [1.807, 2.05) is 30.3 Å². The van der Waals surface area contributed by atoms with Gasteiger partial charge in [0.15, 0.2) is 0 Å². The summed E-state index contributed by atoms with van der Waals surface area (Å²) < 4.78 is 5.62. The van der Waals surface area contributed by atoms with Crippen LogP contribution in [0.3, 0.4) is 0 Å². The number of hydrogen-bond donors (Lipinski definition) is 0. The topological polar surface area (TPSA) is 26.3 Å². The summed E-state index contributed by atoms with van der Waals surface area (Å²) >= 11 is 1.56. The molecule has 0 radical (unpaired) electrons. The number of aryl methyl sites for hydroxylation is 2. The monoisotopic (exact) mass is 462 g/mol. The van der Waals surface area contributed by atoms with Gasteiger partial charge in [-0.15, -0.1) is 11.3 Å². The molecule has 0 bridgehead atoms. The smallest absolute Gasteiger partial charge is 0.353 e. The first-order valence-electron chi connectivity index (χ1n) is 12.7. The number of carbonyl (C=O) groups excluding carboxylic acids is 1. The van der Waals surface area contributed by atoms with Crippen molar-refractivity contribution in [3.05, 3.63) is 76.0 Å². The summed E-state index contributed by atoms with van der Waals surface area (Å²) in [5.41, 5.74) is 3.69. The average Bonchev–Trinajstić information content (AvgIpc) is 3.32. The van der Waals surface area contributed by atoms with E-state index in [4.69, 9.17) is 4.74 Å². The van der Waals surface area contributed by atoms with E-state index in [-0.39, 0.29) is 5.97 Å². The van der Waals surface area contributed by atoms with Crippen molar-refractivity contribution >= 4 is 17.3 Å². The van der Waals surface area contributed by atoms with Gasteiger partial charge in [-0.3, -0.25) is 0 Å². The van der Waals surface area contributed by atoms with Crippen LogP contribution >= 0.6 is 11.3 Å². The van der Waals surface area contributed by atoms with Crippen LogP contribution in [0.25, 0.3) is 11.1 Å². The molecule has 0 atom stereocenters. The molecule has 0 saturated carbocycles. The number of carbonyl (C=O) groups is 1. The Morgan fingerprint density at radius 2 is 1.27 bits per heavy atom. The molecule has 0 aliphatic rings. The number of rotatable bonds is 14. The number of ether oxygens (including phenoxy) is 1. The third-order valence-electron chi connectivity index (χ3n) is 6.06. The number of unbranched alkanes of at least 4 members (excludes halogenated alkanes) is 7. The molecule has 2 nitrogen and oxygen atoms in total. The van der Waals surface area contributed by atoms with Crippen LogP contribution in [0.15, 0.2) is 60.7 Å². The molecule has 0 aliphatic carbocycles. The zero-order chi connectivity index (χ0) is 23.3. The van der Waals surface area contributed by atoms with E-state index >= 15 is 0 Å². The molecule has 1 aromatic heterocycles. The van der Waals surface area contributed by atoms with Crippen molar-refractivity contribution in [3.63, 3.8) is 0 Å². The van der Waals surface area contributed by atoms with Crippen molar-refractivity contribution < 1.29 is 9.53 Å². The van der Waals surface area contributed by atoms with E-state index in [9.17, 15) is 4.79 Å². The fraction of sp³-hybridized carbons (Fsp3) is 0.433. The molecule has 0 N–H and O–H groups in total. The summed E-state index contributed by atoms with van der Waals surface area (Å²) in [7, 11) is 0. The van der Waals surface area contributed by atoms with Crippen LogP contribution in [-0.2, 0) is 12.8 Å². The van der Waals surface area contributed by atoms with Gasteiger partial charge in [0.25, 0.3) is 0 Å². The molecule has 0 aliphatic heterocycles. The number of hydrogen-bond acceptors (Lipinski definition) is 3. The standard InChI is InChI=1S/C30H38O2S/c1-3-5-7-8-9-10-11-13-28-22-23-29(33-28)30(31)32-27-20-18-26(19-21-27)25-16-14-24(15-17-25)12-6-4-2/h14-23H,3-13H2,1-2H3. The van der Waals surface area contributed by atoms with Gasteiger partial charge in [0.05, 0.1) is 0 Å². The summed E-state index contributed by atoms with van der Waals surface area (Å²) in [6.45, 7) is 4.47. The molecule has 0 spiro atoms. The van der Waals surface area contributed by atoms with E-state index in [1.54, 1.807) is 11.3 Å². The maximum Gasteiger partial charge on any atom is 0.353 e. The highest BCUT2D eigenvalue weighted by molar-refractivity contribution is 7.13. The maximum absolute atomic E-state index is 12.6. The molecule has 0 unspecified atom stereocenters. The van der Waals surface area contributed by atoms with Gasteiger partial charge in [-0.25, -0.2) is 4.79 Å². The predicted octanol–water partition coefficient (Wildman–Crippen LogP) is 9.27. The minimum atomic E-state index is -0.265. The van der Waals surface area contributed by atoms with E-state index in [1.165, 1.54) is 73.8 Å². The van der Waals surface area contributed by atoms with Crippen molar-refractivity contribution in [2.24, 2.45) is 0 Å². The fourth-order valence-corrected chi connectivity index (χ4v) is 4.92. The Hall–Kier alpha value is -2.39. The van der Waals surface area contributed by atoms with Crippen LogP contribution in [0.5, 0.6) is 5.75 Å². The van der Waals surface area contributed by atoms with Crippen molar-refractivity contribution in [2.75, 3.05) is 0 Å². The lowest BCUT2D eigenvalue weighted by molar-refractivity contribution is 0.0740. The second-order valence-electron chi connectivity index (χ2n) is 8.85. The SMILES string of the molecule is CCCCCCCCCc1ccc(C(=O)Oc2ccc(-c3ccc(CCCC)cc3)cc2)s1. The Labute approximate surface area is 204 Å². The van der Waals surface area contributed by atoms with E-state index in [2.05, 4.69) is 44.2 Å². The molecule has 3 heteroatoms. The zero-order valence-corrected chi connectivity index (χ0v) is 21.1. The van der Waals surface area contributed by atoms with Gasteiger partial charge in [0, 0.05) is 4.88 Å². The number of benzene rings is 2. The van der Waals surface area contributed by atoms with Crippen LogP contribution in [0.1, 0.15) is 91.7 Å². The fourth-order valence-electron chi connectivity index (χ4n) is 4.00. The third kappa shape index (κ3) is 8.47. The summed E-state index contributed by atoms with van der Waals surface area (Å²) in [5.74, 6) is 0.323. The average molecular weight is 463 g/mol. The van der Waals surface area contributed by atoms with Crippen molar-refractivity contribution in [1.82, 2.24) is 0 Å². The molecule has 176 valence electrons. The molecule has 0 saturated heterocycles. The Bertz CT molecular complexity index is 954. The molecule has 1 heterocycles. The summed E-state index contributed by atoms with van der Waals surface area (Å²) in [6.07, 6.45) is 13.8. The van der Waals surface area contributed by atoms with Crippen molar-refractivity contribution in [3.8, 4) is 16.9 Å². The van der Waals surface area contributed by atoms with Crippen LogP contribution in [0, 0.1) is 0 Å². The second kappa shape index (κ2) is 14.0. The Balaban J connectivity index is 1.46. The lowest BCUT2D eigenvalue weighted by Gasteiger charge is -2.06. The van der Waals surface area contributed by atoms with Crippen LogP contribution in [-0.4, -0.2) is 5.97 Å². The van der Waals surface area contributed by atoms with E-state index < -0.39 is 0 Å². The Kier molecular flexibility index (Phi) is 10.7. The molecular weight excluding hydrogens is 424 g/mol. The number of esters is 1. The minimum absolute atomic E-state index is 0.265. The Morgan fingerprint density at radius 3 is 1.94 bits per heavy atom. The zero-order valence-electron chi connectivity index (χ0n) is 20.3. The van der Waals surface area contributed by atoms with Crippen LogP contribution in [0.4, 0.5) is 0 Å². The molecule has 3 rings (SSSR count). The highest BCUT2D eigenvalue weighted by Crippen LogP contribution is 2.25. The van der Waals surface area contributed by atoms with Crippen molar-refractivity contribution in [2.45, 2.75) is 84.5 Å². The first-order chi connectivity index (χ1) is 16.2. The minimum Gasteiger partial charge on any atom is -0.422 e. The summed E-state index contributed by atoms with van der Waals surface area (Å²) in [5, 5.41) is 0. The Morgan fingerprint density at radius 1 is 0.667 bits per heavy atom. The van der Waals surface area contributed by atoms with Gasteiger partial charge in [-0.05, 0) is 66.6 Å². The number of thiophene rings is 1. The molecular formula is C30H38O2S. The van der Waals surface area contributed by atoms with E-state index in [0.717, 1.165) is 18.4 Å². The summed E-state index contributed by atoms with van der Waals surface area (Å²) in [4.78, 5) is 14.5. The van der Waals surface area contributed by atoms with Gasteiger partial charge in [-0.2, -0.15) is 0 Å². The second-order valence-corrected chi connectivity index (χ2v) is 10.0. The van der Waals surface area contributed by atoms with Gasteiger partial charge in [0.1, 0.15) is 10.6 Å². The van der Waals surface area contributed by atoms with E-state index in [0.29, 0.717) is 10.6 Å². The van der Waals surface area contributed by atoms with Gasteiger partial charge in [0.2, 0.25) is 0 Å². The predicted molar refractivity (Wildman–Crippen MR) is 141 cm³/mol. The first-order valence-corrected chi connectivity index (χ1v) is 13.5. The highest BCUT2D eigenvalue weighted by atomic mass is 32.1. The molecule has 33 heavy (non-hydrogen) atoms. The van der Waals surface area contributed by atoms with Crippen molar-refractivity contribution in [1.29, 1.82) is 0 Å². The van der Waals surface area contributed by atoms with Gasteiger partial charge in [-0.1, -0.05) is 95.2 Å². The molecule has 0 fully saturated rings. The largest absolute Gasteiger partial charge is 0.422 e. The molecule has 2 aromatic carbocycles.